The van der Waals surface area contributed by atoms with Gasteiger partial charge in [0.1, 0.15) is 0 Å². The molecule has 1 aliphatic rings. The van der Waals surface area contributed by atoms with Crippen molar-refractivity contribution >= 4 is 22.6 Å². The first kappa shape index (κ1) is 24.2. The van der Waals surface area contributed by atoms with Gasteiger partial charge >= 0.3 is 12.1 Å². The summed E-state index contributed by atoms with van der Waals surface area (Å²) in [4.78, 5) is 23.7. The van der Waals surface area contributed by atoms with Crippen molar-refractivity contribution in [3.8, 4) is 0 Å². The van der Waals surface area contributed by atoms with E-state index in [0.717, 1.165) is 25.2 Å². The molecule has 1 amide bonds. The highest BCUT2D eigenvalue weighted by atomic mass is 19.4. The summed E-state index contributed by atoms with van der Waals surface area (Å²) in [6.45, 7) is 4.63. The molecule has 3 aromatic rings. The summed E-state index contributed by atoms with van der Waals surface area (Å²) >= 11 is 0. The number of aromatic nitrogens is 2. The lowest BCUT2D eigenvalue weighted by Crippen LogP contribution is -2.29. The van der Waals surface area contributed by atoms with Gasteiger partial charge < -0.3 is 15.7 Å². The van der Waals surface area contributed by atoms with Crippen LogP contribution >= 0.6 is 0 Å². The second-order valence-corrected chi connectivity index (χ2v) is 7.79. The first-order chi connectivity index (χ1) is 15.6. The molecule has 1 unspecified atom stereocenters. The predicted molar refractivity (Wildman–Crippen MR) is 117 cm³/mol. The van der Waals surface area contributed by atoms with Gasteiger partial charge in [-0.3, -0.25) is 9.48 Å². The van der Waals surface area contributed by atoms with Crippen LogP contribution < -0.4 is 5.73 Å². The van der Waals surface area contributed by atoms with Crippen molar-refractivity contribution in [3.63, 3.8) is 0 Å². The molecular formula is C23H25F3N4O3. The maximum absolute atomic E-state index is 12.9. The van der Waals surface area contributed by atoms with Crippen LogP contribution in [0.15, 0.2) is 48.5 Å². The average molecular weight is 462 g/mol. The molecule has 1 atom stereocenters. The van der Waals surface area contributed by atoms with E-state index in [0.29, 0.717) is 24.7 Å². The molecule has 1 aromatic heterocycles. The maximum atomic E-state index is 12.9. The normalized spacial score (nSPS) is 15.9. The van der Waals surface area contributed by atoms with Crippen LogP contribution in [0.5, 0.6) is 0 Å². The molecule has 3 N–H and O–H groups in total. The number of benzene rings is 2. The van der Waals surface area contributed by atoms with E-state index in [2.05, 4.69) is 47.6 Å². The summed E-state index contributed by atoms with van der Waals surface area (Å²) in [5.74, 6) is -2.36. The number of hydrogen-bond acceptors (Lipinski definition) is 4. The Morgan fingerprint density at radius 2 is 1.85 bits per heavy atom. The zero-order valence-electron chi connectivity index (χ0n) is 18.0. The van der Waals surface area contributed by atoms with Gasteiger partial charge in [0.2, 0.25) is 0 Å². The molecular weight excluding hydrogens is 437 g/mol. The topological polar surface area (TPSA) is 101 Å². The number of aryl methyl sites for hydroxylation is 1. The van der Waals surface area contributed by atoms with Crippen LogP contribution in [0, 0.1) is 6.92 Å². The van der Waals surface area contributed by atoms with Crippen molar-refractivity contribution in [2.45, 2.75) is 32.0 Å². The summed E-state index contributed by atoms with van der Waals surface area (Å²) < 4.78 is 33.5. The van der Waals surface area contributed by atoms with E-state index in [9.17, 15) is 18.0 Å². The van der Waals surface area contributed by atoms with Crippen LogP contribution in [0.4, 0.5) is 13.2 Å². The molecule has 4 rings (SSSR count). The predicted octanol–water partition coefficient (Wildman–Crippen LogP) is 3.57. The Morgan fingerprint density at radius 3 is 2.52 bits per heavy atom. The minimum Gasteiger partial charge on any atom is -0.475 e. The summed E-state index contributed by atoms with van der Waals surface area (Å²) in [6.07, 6.45) is -4.10. The highest BCUT2D eigenvalue weighted by Gasteiger charge is 2.38. The van der Waals surface area contributed by atoms with Gasteiger partial charge in [-0.05, 0) is 35.7 Å². The lowest BCUT2D eigenvalue weighted by Gasteiger charge is -2.16. The summed E-state index contributed by atoms with van der Waals surface area (Å²) in [7, 11) is 0. The number of nitrogens with two attached hydrogens (primary N) is 1. The van der Waals surface area contributed by atoms with Crippen LogP contribution in [-0.2, 0) is 11.3 Å². The van der Waals surface area contributed by atoms with Crippen molar-refractivity contribution in [2.75, 3.05) is 19.6 Å². The Kier molecular flexibility index (Phi) is 7.37. The lowest BCUT2D eigenvalue weighted by molar-refractivity contribution is -0.192. The summed E-state index contributed by atoms with van der Waals surface area (Å²) in [6, 6.07) is 16.8. The number of aliphatic carboxylic acids is 1. The fraction of sp³-hybridized carbons (Fsp3) is 0.348. The largest absolute Gasteiger partial charge is 0.490 e. The second-order valence-electron chi connectivity index (χ2n) is 7.79. The zero-order chi connectivity index (χ0) is 24.2. The van der Waals surface area contributed by atoms with Crippen LogP contribution in [-0.4, -0.2) is 57.5 Å². The van der Waals surface area contributed by atoms with Crippen molar-refractivity contribution in [1.82, 2.24) is 14.7 Å². The number of rotatable bonds is 4. The number of likely N-dealkylation sites (tertiary alicyclic amines) is 1. The number of alkyl halides is 3. The molecule has 0 saturated carbocycles. The third-order valence-electron chi connectivity index (χ3n) is 5.52. The molecule has 33 heavy (non-hydrogen) atoms. The van der Waals surface area contributed by atoms with Gasteiger partial charge in [-0.1, -0.05) is 42.5 Å². The van der Waals surface area contributed by atoms with Crippen molar-refractivity contribution in [3.05, 3.63) is 65.5 Å². The average Bonchev–Trinajstić information content (AvgIpc) is 3.40. The first-order valence-corrected chi connectivity index (χ1v) is 10.4. The number of halogens is 3. The summed E-state index contributed by atoms with van der Waals surface area (Å²) in [5.41, 5.74) is 8.44. The quantitative estimate of drug-likeness (QED) is 0.617. The minimum absolute atomic E-state index is 0.0200. The molecule has 176 valence electrons. The third kappa shape index (κ3) is 5.70. The van der Waals surface area contributed by atoms with E-state index in [1.807, 2.05) is 22.6 Å². The molecule has 2 aromatic carbocycles. The molecule has 0 aliphatic carbocycles. The number of hydrogen-bond donors (Lipinski definition) is 2. The van der Waals surface area contributed by atoms with Crippen LogP contribution in [0.25, 0.3) is 10.8 Å². The van der Waals surface area contributed by atoms with Gasteiger partial charge in [0.15, 0.2) is 5.69 Å². The molecule has 1 saturated heterocycles. The number of carbonyl (C=O) groups excluding carboxylic acids is 1. The Morgan fingerprint density at radius 1 is 1.18 bits per heavy atom. The van der Waals surface area contributed by atoms with E-state index < -0.39 is 12.1 Å². The second kappa shape index (κ2) is 10.0. The van der Waals surface area contributed by atoms with Crippen LogP contribution in [0.1, 0.15) is 34.1 Å². The number of carbonyl (C=O) groups is 2. The van der Waals surface area contributed by atoms with Gasteiger partial charge in [0, 0.05) is 31.2 Å². The molecule has 7 nitrogen and oxygen atoms in total. The zero-order valence-corrected chi connectivity index (χ0v) is 18.0. The number of fused-ring (bicyclic) bond motifs is 1. The molecule has 0 radical (unpaired) electrons. The number of amides is 1. The smallest absolute Gasteiger partial charge is 0.475 e. The van der Waals surface area contributed by atoms with E-state index in [-0.39, 0.29) is 5.91 Å². The lowest BCUT2D eigenvalue weighted by atomic mass is 9.93. The van der Waals surface area contributed by atoms with Gasteiger partial charge in [-0.25, -0.2) is 4.79 Å². The van der Waals surface area contributed by atoms with Crippen molar-refractivity contribution in [1.29, 1.82) is 0 Å². The minimum atomic E-state index is -5.08. The Hall–Kier alpha value is -3.40. The van der Waals surface area contributed by atoms with E-state index in [1.165, 1.54) is 16.3 Å². The summed E-state index contributed by atoms with van der Waals surface area (Å²) in [5, 5.41) is 14.1. The number of carboxylic acids is 1. The molecule has 0 bridgehead atoms. The fourth-order valence-electron chi connectivity index (χ4n) is 3.93. The Balaban J connectivity index is 0.000000383. The van der Waals surface area contributed by atoms with Crippen molar-refractivity contribution < 1.29 is 27.9 Å². The first-order valence-electron chi connectivity index (χ1n) is 10.4. The van der Waals surface area contributed by atoms with Crippen LogP contribution in [0.3, 0.4) is 0 Å². The standard InChI is InChI=1S/C21H24N4O.C2HF3O2/c1-15-13-20(23-25(15)12-10-22)21(26)24-11-9-17(14-24)19-8-4-6-16-5-2-3-7-18(16)19;3-2(4,5)1(6)7/h2-8,13,17H,9-12,14,22H2,1H3;(H,6,7). The molecule has 1 fully saturated rings. The highest BCUT2D eigenvalue weighted by molar-refractivity contribution is 5.93. The molecule has 10 heteroatoms. The van der Waals surface area contributed by atoms with Crippen LogP contribution in [0.2, 0.25) is 0 Å². The van der Waals surface area contributed by atoms with Gasteiger partial charge in [0.25, 0.3) is 5.91 Å². The van der Waals surface area contributed by atoms with Crippen molar-refractivity contribution in [2.24, 2.45) is 5.73 Å². The Bertz CT molecular complexity index is 1140. The molecule has 0 spiro atoms. The molecule has 2 heterocycles. The SMILES string of the molecule is Cc1cc(C(=O)N2CCC(c3cccc4ccccc34)C2)nn1CCN.O=C(O)C(F)(F)F. The van der Waals surface area contributed by atoms with E-state index in [1.54, 1.807) is 0 Å². The third-order valence-corrected chi connectivity index (χ3v) is 5.52. The maximum Gasteiger partial charge on any atom is 0.490 e. The van der Waals surface area contributed by atoms with Gasteiger partial charge in [0.05, 0.1) is 6.54 Å². The van der Waals surface area contributed by atoms with E-state index >= 15 is 0 Å². The molecule has 1 aliphatic heterocycles. The fourth-order valence-corrected chi connectivity index (χ4v) is 3.93. The van der Waals surface area contributed by atoms with Gasteiger partial charge in [-0.2, -0.15) is 18.3 Å². The monoisotopic (exact) mass is 462 g/mol. The highest BCUT2D eigenvalue weighted by Crippen LogP contribution is 2.33. The Labute approximate surface area is 188 Å². The van der Waals surface area contributed by atoms with E-state index in [4.69, 9.17) is 15.6 Å². The number of nitrogens with zero attached hydrogens (tertiary/aromatic N) is 3. The number of carboxylic acid groups (broad SMARTS) is 1. The van der Waals surface area contributed by atoms with Gasteiger partial charge in [-0.15, -0.1) is 0 Å².